The summed E-state index contributed by atoms with van der Waals surface area (Å²) < 4.78 is 26.6. The molecule has 0 aliphatic heterocycles. The second-order valence-electron chi connectivity index (χ2n) is 6.21. The first-order chi connectivity index (χ1) is 12.9. The Hall–Kier alpha value is -3.28. The topological polar surface area (TPSA) is 66.4 Å². The zero-order chi connectivity index (χ0) is 19.4. The normalized spacial score (nSPS) is 11.9. The van der Waals surface area contributed by atoms with Crippen molar-refractivity contribution in [2.75, 3.05) is 0 Å². The molecule has 1 atom stereocenters. The number of amides is 1. The minimum atomic E-state index is -1.18. The number of carboxylic acid groups (broad SMARTS) is 1. The van der Waals surface area contributed by atoms with Crippen LogP contribution in [0.2, 0.25) is 0 Å². The highest BCUT2D eigenvalue weighted by Crippen LogP contribution is 2.20. The van der Waals surface area contributed by atoms with Crippen molar-refractivity contribution in [2.24, 2.45) is 0 Å². The second-order valence-corrected chi connectivity index (χ2v) is 6.21. The Morgan fingerprint density at radius 1 is 0.963 bits per heavy atom. The second kappa shape index (κ2) is 7.95. The van der Waals surface area contributed by atoms with Crippen LogP contribution < -0.4 is 5.32 Å². The van der Waals surface area contributed by atoms with E-state index in [0.717, 1.165) is 22.4 Å². The molecule has 6 heteroatoms. The molecule has 0 aliphatic rings. The maximum atomic E-state index is 13.7. The number of carbonyl (C=O) groups is 2. The van der Waals surface area contributed by atoms with E-state index >= 15 is 0 Å². The third-order valence-electron chi connectivity index (χ3n) is 4.30. The third kappa shape index (κ3) is 4.47. The molecular weight excluding hydrogens is 352 g/mol. The Morgan fingerprint density at radius 2 is 1.70 bits per heavy atom. The van der Waals surface area contributed by atoms with Gasteiger partial charge in [0, 0.05) is 12.5 Å². The van der Waals surface area contributed by atoms with Crippen LogP contribution in [-0.4, -0.2) is 23.0 Å². The Labute approximate surface area is 154 Å². The first kappa shape index (κ1) is 18.5. The number of hydrogen-bond donors (Lipinski definition) is 2. The van der Waals surface area contributed by atoms with Gasteiger partial charge in [-0.05, 0) is 28.0 Å². The first-order valence-electron chi connectivity index (χ1n) is 8.37. The molecule has 0 saturated heterocycles. The van der Waals surface area contributed by atoms with Gasteiger partial charge in [0.25, 0.3) is 0 Å². The van der Waals surface area contributed by atoms with Gasteiger partial charge in [-0.15, -0.1) is 0 Å². The number of nitrogens with one attached hydrogen (secondary N) is 1. The zero-order valence-corrected chi connectivity index (χ0v) is 14.3. The van der Waals surface area contributed by atoms with Crippen molar-refractivity contribution in [2.45, 2.75) is 18.9 Å². The van der Waals surface area contributed by atoms with Gasteiger partial charge in [-0.2, -0.15) is 0 Å². The average Bonchev–Trinajstić information content (AvgIpc) is 2.63. The maximum Gasteiger partial charge on any atom is 0.326 e. The van der Waals surface area contributed by atoms with Gasteiger partial charge in [-0.1, -0.05) is 48.5 Å². The van der Waals surface area contributed by atoms with Crippen molar-refractivity contribution in [3.05, 3.63) is 83.4 Å². The van der Waals surface area contributed by atoms with E-state index in [9.17, 15) is 23.5 Å². The van der Waals surface area contributed by atoms with Crippen LogP contribution in [0.15, 0.2) is 60.7 Å². The fraction of sp³-hybridized carbons (Fsp3) is 0.143. The number of benzene rings is 3. The summed E-state index contributed by atoms with van der Waals surface area (Å²) in [6, 6.07) is 14.9. The lowest BCUT2D eigenvalue weighted by molar-refractivity contribution is -0.141. The van der Waals surface area contributed by atoms with Crippen LogP contribution in [0.4, 0.5) is 8.78 Å². The Kier molecular flexibility index (Phi) is 5.45. The van der Waals surface area contributed by atoms with Crippen molar-refractivity contribution < 1.29 is 23.5 Å². The molecule has 3 rings (SSSR count). The molecule has 0 saturated carbocycles. The molecule has 2 N–H and O–H groups in total. The SMILES string of the molecule is O=C(Cc1ccc(F)cc1F)N[C@@H](Cc1cccc2ccccc12)C(=O)O. The average molecular weight is 369 g/mol. The van der Waals surface area contributed by atoms with Crippen LogP contribution in [0.5, 0.6) is 0 Å². The molecule has 0 unspecified atom stereocenters. The molecule has 0 aromatic heterocycles. The van der Waals surface area contributed by atoms with Crippen LogP contribution in [0.1, 0.15) is 11.1 Å². The quantitative estimate of drug-likeness (QED) is 0.699. The Balaban J connectivity index is 1.75. The molecule has 138 valence electrons. The van der Waals surface area contributed by atoms with Crippen LogP contribution in [0.3, 0.4) is 0 Å². The number of hydrogen-bond acceptors (Lipinski definition) is 2. The standard InChI is InChI=1S/C21H17F2NO3/c22-16-9-8-15(18(23)12-16)11-20(25)24-19(21(26)27)10-14-6-3-5-13-4-1-2-7-17(13)14/h1-9,12,19H,10-11H2,(H,24,25)(H,26,27)/t19-/m0/s1. The summed E-state index contributed by atoms with van der Waals surface area (Å²) in [6.45, 7) is 0. The number of fused-ring (bicyclic) bond motifs is 1. The van der Waals surface area contributed by atoms with Gasteiger partial charge >= 0.3 is 5.97 Å². The predicted octanol–water partition coefficient (Wildman–Crippen LogP) is 3.47. The van der Waals surface area contributed by atoms with E-state index < -0.39 is 29.6 Å². The molecule has 0 bridgehead atoms. The third-order valence-corrected chi connectivity index (χ3v) is 4.30. The van der Waals surface area contributed by atoms with E-state index in [4.69, 9.17) is 0 Å². The molecule has 0 aliphatic carbocycles. The number of carbonyl (C=O) groups excluding carboxylic acids is 1. The van der Waals surface area contributed by atoms with Crippen LogP contribution >= 0.6 is 0 Å². The first-order valence-corrected chi connectivity index (χ1v) is 8.37. The predicted molar refractivity (Wildman–Crippen MR) is 97.3 cm³/mol. The van der Waals surface area contributed by atoms with Gasteiger partial charge in [0.05, 0.1) is 6.42 Å². The minimum Gasteiger partial charge on any atom is -0.480 e. The molecule has 0 fully saturated rings. The fourth-order valence-corrected chi connectivity index (χ4v) is 2.97. The number of halogens is 2. The molecule has 0 radical (unpaired) electrons. The molecule has 3 aromatic carbocycles. The Bertz CT molecular complexity index is 998. The fourth-order valence-electron chi connectivity index (χ4n) is 2.97. The lowest BCUT2D eigenvalue weighted by atomic mass is 9.98. The van der Waals surface area contributed by atoms with Crippen molar-refractivity contribution in [1.29, 1.82) is 0 Å². The Morgan fingerprint density at radius 3 is 2.44 bits per heavy atom. The highest BCUT2D eigenvalue weighted by atomic mass is 19.1. The van der Waals surface area contributed by atoms with Crippen molar-refractivity contribution in [1.82, 2.24) is 5.32 Å². The van der Waals surface area contributed by atoms with Gasteiger partial charge in [0.1, 0.15) is 17.7 Å². The summed E-state index contributed by atoms with van der Waals surface area (Å²) in [5.41, 5.74) is 0.789. The monoisotopic (exact) mass is 369 g/mol. The molecule has 1 amide bonds. The van der Waals surface area contributed by atoms with Gasteiger partial charge in [0.15, 0.2) is 0 Å². The summed E-state index contributed by atoms with van der Waals surface area (Å²) in [5, 5.41) is 13.8. The highest BCUT2D eigenvalue weighted by Gasteiger charge is 2.22. The largest absolute Gasteiger partial charge is 0.480 e. The zero-order valence-electron chi connectivity index (χ0n) is 14.3. The van der Waals surface area contributed by atoms with Gasteiger partial charge < -0.3 is 10.4 Å². The smallest absolute Gasteiger partial charge is 0.326 e. The molecule has 3 aromatic rings. The van der Waals surface area contributed by atoms with E-state index in [1.807, 2.05) is 42.5 Å². The van der Waals surface area contributed by atoms with E-state index in [2.05, 4.69) is 5.32 Å². The minimum absolute atomic E-state index is 0.00296. The highest BCUT2D eigenvalue weighted by molar-refractivity contribution is 5.88. The van der Waals surface area contributed by atoms with Gasteiger partial charge in [-0.25, -0.2) is 13.6 Å². The number of aliphatic carboxylic acids is 1. The lowest BCUT2D eigenvalue weighted by Crippen LogP contribution is -2.43. The summed E-state index contributed by atoms with van der Waals surface area (Å²) in [7, 11) is 0. The van der Waals surface area contributed by atoms with E-state index in [1.54, 1.807) is 0 Å². The van der Waals surface area contributed by atoms with E-state index in [-0.39, 0.29) is 18.4 Å². The summed E-state index contributed by atoms with van der Waals surface area (Å²) >= 11 is 0. The summed E-state index contributed by atoms with van der Waals surface area (Å²) in [4.78, 5) is 23.8. The van der Waals surface area contributed by atoms with E-state index in [0.29, 0.717) is 6.07 Å². The van der Waals surface area contributed by atoms with E-state index in [1.165, 1.54) is 6.07 Å². The van der Waals surface area contributed by atoms with Crippen molar-refractivity contribution in [3.63, 3.8) is 0 Å². The number of rotatable bonds is 6. The lowest BCUT2D eigenvalue weighted by Gasteiger charge is -2.16. The van der Waals surface area contributed by atoms with Gasteiger partial charge in [-0.3, -0.25) is 4.79 Å². The van der Waals surface area contributed by atoms with Crippen LogP contribution in [0.25, 0.3) is 10.8 Å². The molecular formula is C21H17F2NO3. The molecule has 0 spiro atoms. The maximum absolute atomic E-state index is 13.7. The molecule has 0 heterocycles. The van der Waals surface area contributed by atoms with Crippen molar-refractivity contribution >= 4 is 22.6 Å². The number of carboxylic acids is 1. The van der Waals surface area contributed by atoms with Crippen LogP contribution in [0, 0.1) is 11.6 Å². The molecule has 27 heavy (non-hydrogen) atoms. The van der Waals surface area contributed by atoms with Crippen molar-refractivity contribution in [3.8, 4) is 0 Å². The van der Waals surface area contributed by atoms with Gasteiger partial charge in [0.2, 0.25) is 5.91 Å². The summed E-state index contributed by atoms with van der Waals surface area (Å²) in [5.74, 6) is -3.41. The summed E-state index contributed by atoms with van der Waals surface area (Å²) in [6.07, 6.45) is -0.278. The molecule has 4 nitrogen and oxygen atoms in total. The van der Waals surface area contributed by atoms with Crippen LogP contribution in [-0.2, 0) is 22.4 Å².